The number of rotatable bonds is 7. The van der Waals surface area contributed by atoms with E-state index in [2.05, 4.69) is 83.8 Å². The lowest BCUT2D eigenvalue weighted by Crippen LogP contribution is -1.99. The summed E-state index contributed by atoms with van der Waals surface area (Å²) in [6.45, 7) is 0.487. The zero-order valence-electron chi connectivity index (χ0n) is 14.8. The molecule has 0 atom stereocenters. The number of anilines is 1. The Bertz CT molecular complexity index is 1020. The third-order valence-electron chi connectivity index (χ3n) is 3.80. The van der Waals surface area contributed by atoms with Crippen molar-refractivity contribution in [2.24, 2.45) is 5.10 Å². The molecule has 0 fully saturated rings. The Morgan fingerprint density at radius 1 is 1.10 bits per heavy atom. The number of non-ortho nitro benzene ring substituents is 1. The van der Waals surface area contributed by atoms with Crippen LogP contribution in [0.3, 0.4) is 0 Å². The van der Waals surface area contributed by atoms with Gasteiger partial charge in [0.1, 0.15) is 12.4 Å². The van der Waals surface area contributed by atoms with E-state index in [4.69, 9.17) is 4.74 Å². The molecule has 0 saturated heterocycles. The van der Waals surface area contributed by atoms with Crippen LogP contribution in [-0.4, -0.2) is 11.1 Å². The molecule has 6 nitrogen and oxygen atoms in total. The first-order valence-corrected chi connectivity index (χ1v) is 11.3. The van der Waals surface area contributed by atoms with Crippen LogP contribution < -0.4 is 10.2 Å². The summed E-state index contributed by atoms with van der Waals surface area (Å²) in [5.41, 5.74) is 5.56. The molecule has 3 aromatic carbocycles. The fourth-order valence-electron chi connectivity index (χ4n) is 2.37. The molecule has 1 N–H and O–H groups in total. The standard InChI is InChI=1S/C20H14BrI2N3O3/c21-18-9-14(11-24-25-16-5-7-17(8-6-16)26(27)28)10-19(23)20(18)29-12-13-1-3-15(22)4-2-13/h1-11,25H,12H2/b24-11+. The Hall–Kier alpha value is -1.73. The second-order valence-electron chi connectivity index (χ2n) is 5.90. The van der Waals surface area contributed by atoms with Crippen LogP contribution in [0.2, 0.25) is 0 Å². The quantitative estimate of drug-likeness (QED) is 0.133. The molecule has 0 aliphatic heterocycles. The average Bonchev–Trinajstić information content (AvgIpc) is 2.69. The van der Waals surface area contributed by atoms with Crippen molar-refractivity contribution in [3.05, 3.63) is 93.5 Å². The van der Waals surface area contributed by atoms with E-state index in [0.29, 0.717) is 12.3 Å². The summed E-state index contributed by atoms with van der Waals surface area (Å²) in [4.78, 5) is 10.2. The summed E-state index contributed by atoms with van der Waals surface area (Å²) >= 11 is 8.07. The molecular formula is C20H14BrI2N3O3. The third kappa shape index (κ3) is 6.37. The van der Waals surface area contributed by atoms with Gasteiger partial charge in [-0.05, 0) is 109 Å². The van der Waals surface area contributed by atoms with Gasteiger partial charge in [0, 0.05) is 15.7 Å². The van der Waals surface area contributed by atoms with Crippen LogP contribution in [0.1, 0.15) is 11.1 Å². The van der Waals surface area contributed by atoms with Gasteiger partial charge >= 0.3 is 0 Å². The summed E-state index contributed by atoms with van der Waals surface area (Å²) < 4.78 is 8.97. The first-order chi connectivity index (χ1) is 13.9. The second kappa shape index (κ2) is 10.3. The summed E-state index contributed by atoms with van der Waals surface area (Å²) in [6.07, 6.45) is 1.68. The number of nitro benzene ring substituents is 1. The Kier molecular flexibility index (Phi) is 7.84. The summed E-state index contributed by atoms with van der Waals surface area (Å²) in [6, 6.07) is 18.2. The van der Waals surface area contributed by atoms with Crippen LogP contribution >= 0.6 is 61.1 Å². The second-order valence-corrected chi connectivity index (χ2v) is 9.16. The van der Waals surface area contributed by atoms with E-state index in [9.17, 15) is 10.1 Å². The minimum Gasteiger partial charge on any atom is -0.487 e. The van der Waals surface area contributed by atoms with Crippen molar-refractivity contribution in [3.8, 4) is 5.75 Å². The largest absolute Gasteiger partial charge is 0.487 e. The van der Waals surface area contributed by atoms with E-state index in [-0.39, 0.29) is 5.69 Å². The molecule has 0 amide bonds. The van der Waals surface area contributed by atoms with Gasteiger partial charge in [0.05, 0.1) is 24.9 Å². The zero-order valence-corrected chi connectivity index (χ0v) is 20.7. The summed E-state index contributed by atoms with van der Waals surface area (Å²) in [5.74, 6) is 0.782. The normalized spacial score (nSPS) is 10.9. The number of nitrogens with zero attached hydrogens (tertiary/aromatic N) is 2. The van der Waals surface area contributed by atoms with Crippen LogP contribution in [0, 0.1) is 17.3 Å². The van der Waals surface area contributed by atoms with Gasteiger partial charge in [0.15, 0.2) is 0 Å². The molecule has 0 aliphatic carbocycles. The Morgan fingerprint density at radius 2 is 1.79 bits per heavy atom. The molecule has 3 aromatic rings. The van der Waals surface area contributed by atoms with E-state index in [1.165, 1.54) is 15.7 Å². The molecule has 0 unspecified atom stereocenters. The van der Waals surface area contributed by atoms with Crippen LogP contribution in [0.15, 0.2) is 70.2 Å². The molecule has 0 saturated carbocycles. The summed E-state index contributed by atoms with van der Waals surface area (Å²) in [5, 5.41) is 14.9. The van der Waals surface area contributed by atoms with Crippen molar-refractivity contribution in [2.75, 3.05) is 5.43 Å². The lowest BCUT2D eigenvalue weighted by Gasteiger charge is -2.11. The van der Waals surface area contributed by atoms with Gasteiger partial charge < -0.3 is 4.74 Å². The Labute approximate surface area is 203 Å². The van der Waals surface area contributed by atoms with Gasteiger partial charge in [-0.15, -0.1) is 0 Å². The maximum atomic E-state index is 10.7. The maximum absolute atomic E-state index is 10.7. The van der Waals surface area contributed by atoms with E-state index >= 15 is 0 Å². The highest BCUT2D eigenvalue weighted by Gasteiger charge is 2.09. The van der Waals surface area contributed by atoms with Crippen LogP contribution in [-0.2, 0) is 6.61 Å². The molecule has 0 bridgehead atoms. The van der Waals surface area contributed by atoms with E-state index in [1.54, 1.807) is 18.3 Å². The predicted molar refractivity (Wildman–Crippen MR) is 135 cm³/mol. The smallest absolute Gasteiger partial charge is 0.269 e. The number of hydrogen-bond acceptors (Lipinski definition) is 5. The van der Waals surface area contributed by atoms with Crippen LogP contribution in [0.25, 0.3) is 0 Å². The predicted octanol–water partition coefficient (Wildman–Crippen LogP) is 6.59. The van der Waals surface area contributed by atoms with Gasteiger partial charge in [0.25, 0.3) is 5.69 Å². The number of hydrazone groups is 1. The number of nitro groups is 1. The minimum absolute atomic E-state index is 0.0406. The minimum atomic E-state index is -0.436. The van der Waals surface area contributed by atoms with Gasteiger partial charge in [0.2, 0.25) is 0 Å². The molecule has 0 radical (unpaired) electrons. The molecule has 148 valence electrons. The monoisotopic (exact) mass is 677 g/mol. The molecule has 3 rings (SSSR count). The molecule has 0 aliphatic rings. The van der Waals surface area contributed by atoms with E-state index < -0.39 is 4.92 Å². The highest BCUT2D eigenvalue weighted by Crippen LogP contribution is 2.32. The van der Waals surface area contributed by atoms with Crippen LogP contribution in [0.5, 0.6) is 5.75 Å². The molecule has 0 aromatic heterocycles. The SMILES string of the molecule is O=[N+]([O-])c1ccc(N/N=C/c2cc(Br)c(OCc3ccc(I)cc3)c(I)c2)cc1. The van der Waals surface area contributed by atoms with Crippen molar-refractivity contribution in [2.45, 2.75) is 6.61 Å². The topological polar surface area (TPSA) is 76.8 Å². The van der Waals surface area contributed by atoms with Crippen LogP contribution in [0.4, 0.5) is 11.4 Å². The molecule has 0 spiro atoms. The highest BCUT2D eigenvalue weighted by molar-refractivity contribution is 14.1. The van der Waals surface area contributed by atoms with Crippen molar-refractivity contribution >= 4 is 78.7 Å². The van der Waals surface area contributed by atoms with Crippen molar-refractivity contribution in [1.82, 2.24) is 0 Å². The highest BCUT2D eigenvalue weighted by atomic mass is 127. The van der Waals surface area contributed by atoms with Crippen molar-refractivity contribution in [3.63, 3.8) is 0 Å². The third-order valence-corrected chi connectivity index (χ3v) is 5.91. The Balaban J connectivity index is 1.64. The van der Waals surface area contributed by atoms with Gasteiger partial charge in [-0.25, -0.2) is 0 Å². The first-order valence-electron chi connectivity index (χ1n) is 8.32. The number of hydrogen-bond donors (Lipinski definition) is 1. The van der Waals surface area contributed by atoms with Gasteiger partial charge in [-0.3, -0.25) is 15.5 Å². The average molecular weight is 678 g/mol. The fraction of sp³-hybridized carbons (Fsp3) is 0.0500. The maximum Gasteiger partial charge on any atom is 0.269 e. The molecule has 9 heteroatoms. The number of halogens is 3. The lowest BCUT2D eigenvalue weighted by atomic mass is 10.2. The van der Waals surface area contributed by atoms with Crippen molar-refractivity contribution in [1.29, 1.82) is 0 Å². The lowest BCUT2D eigenvalue weighted by molar-refractivity contribution is -0.384. The van der Waals surface area contributed by atoms with Gasteiger partial charge in [-0.1, -0.05) is 12.1 Å². The zero-order chi connectivity index (χ0) is 20.8. The van der Waals surface area contributed by atoms with Gasteiger partial charge in [-0.2, -0.15) is 5.10 Å². The molecule has 0 heterocycles. The van der Waals surface area contributed by atoms with Crippen molar-refractivity contribution < 1.29 is 9.66 Å². The number of ether oxygens (including phenoxy) is 1. The fourth-order valence-corrected chi connectivity index (χ4v) is 4.50. The molecule has 29 heavy (non-hydrogen) atoms. The van der Waals surface area contributed by atoms with E-state index in [0.717, 1.165) is 24.9 Å². The number of nitrogens with one attached hydrogen (secondary N) is 1. The Morgan fingerprint density at radius 3 is 2.41 bits per heavy atom. The summed E-state index contributed by atoms with van der Waals surface area (Å²) in [7, 11) is 0. The first kappa shape index (κ1) is 22.0. The van der Waals surface area contributed by atoms with E-state index in [1.807, 2.05) is 24.3 Å². The molecular weight excluding hydrogens is 664 g/mol. The number of benzene rings is 3.